The lowest BCUT2D eigenvalue weighted by molar-refractivity contribution is 0.0690. The smallest absolute Gasteiger partial charge is 0.259 e. The summed E-state index contributed by atoms with van der Waals surface area (Å²) in [6.07, 6.45) is 4.45. The summed E-state index contributed by atoms with van der Waals surface area (Å²) in [5, 5.41) is 3.98. The van der Waals surface area contributed by atoms with Crippen molar-refractivity contribution in [2.75, 3.05) is 19.9 Å². The Morgan fingerprint density at radius 3 is 2.79 bits per heavy atom. The van der Waals surface area contributed by atoms with Crippen molar-refractivity contribution in [3.8, 4) is 23.0 Å². The molecule has 1 saturated heterocycles. The highest BCUT2D eigenvalue weighted by Gasteiger charge is 2.30. The van der Waals surface area contributed by atoms with Crippen LogP contribution in [0.25, 0.3) is 11.5 Å². The molecule has 2 aliphatic rings. The topological polar surface area (TPSA) is 77.9 Å². The Bertz CT molecular complexity index is 1020. The molecule has 4 heterocycles. The van der Waals surface area contributed by atoms with Gasteiger partial charge in [0.05, 0.1) is 12.0 Å². The number of ether oxygens (including phenoxy) is 2. The van der Waals surface area contributed by atoms with Gasteiger partial charge in [-0.2, -0.15) is 0 Å². The molecule has 0 N–H and O–H groups in total. The van der Waals surface area contributed by atoms with E-state index in [9.17, 15) is 4.79 Å². The van der Waals surface area contributed by atoms with E-state index < -0.39 is 0 Å². The molecule has 1 aromatic carbocycles. The Morgan fingerprint density at radius 1 is 1.17 bits per heavy atom. The predicted octanol–water partition coefficient (Wildman–Crippen LogP) is 4.07. The van der Waals surface area contributed by atoms with Gasteiger partial charge in [0, 0.05) is 13.1 Å². The third kappa shape index (κ3) is 3.37. The molecule has 0 bridgehead atoms. The molecule has 5 rings (SSSR count). The fourth-order valence-corrected chi connectivity index (χ4v) is 4.10. The molecule has 29 heavy (non-hydrogen) atoms. The molecule has 0 aliphatic carbocycles. The van der Waals surface area contributed by atoms with Crippen molar-refractivity contribution >= 4 is 5.91 Å². The minimum absolute atomic E-state index is 0.0447. The van der Waals surface area contributed by atoms with E-state index in [0.29, 0.717) is 35.5 Å². The molecule has 1 amide bonds. The summed E-state index contributed by atoms with van der Waals surface area (Å²) < 4.78 is 21.6. The number of carbonyl (C=O) groups is 1. The number of amides is 1. The van der Waals surface area contributed by atoms with Crippen molar-refractivity contribution in [3.63, 3.8) is 0 Å². The summed E-state index contributed by atoms with van der Waals surface area (Å²) in [5.74, 6) is 3.05. The summed E-state index contributed by atoms with van der Waals surface area (Å²) in [6.45, 7) is 3.52. The first-order valence-electron chi connectivity index (χ1n) is 9.87. The second-order valence-corrected chi connectivity index (χ2v) is 7.58. The van der Waals surface area contributed by atoms with Crippen LogP contribution >= 0.6 is 0 Å². The maximum atomic E-state index is 13.1. The number of hydrogen-bond donors (Lipinski definition) is 0. The standard InChI is InChI=1S/C22H22N2O5/c1-14-20(21(29-23-14)18-3-2-10-26-18)22(25)24-8-6-15(7-9-24)11-16-4-5-17-19(12-16)28-13-27-17/h2-5,10,12,15H,6-9,11,13H2,1H3. The van der Waals surface area contributed by atoms with E-state index in [-0.39, 0.29) is 5.91 Å². The van der Waals surface area contributed by atoms with Gasteiger partial charge in [-0.05, 0) is 61.9 Å². The van der Waals surface area contributed by atoms with Gasteiger partial charge in [0.15, 0.2) is 17.3 Å². The zero-order valence-corrected chi connectivity index (χ0v) is 16.2. The Balaban J connectivity index is 1.24. The summed E-state index contributed by atoms with van der Waals surface area (Å²) in [6, 6.07) is 9.68. The molecule has 2 aromatic heterocycles. The summed E-state index contributed by atoms with van der Waals surface area (Å²) in [5.41, 5.74) is 2.33. The summed E-state index contributed by atoms with van der Waals surface area (Å²) >= 11 is 0. The Morgan fingerprint density at radius 2 is 2.00 bits per heavy atom. The Labute approximate surface area is 168 Å². The molecule has 7 heteroatoms. The minimum Gasteiger partial charge on any atom is -0.461 e. The van der Waals surface area contributed by atoms with Gasteiger partial charge < -0.3 is 23.3 Å². The van der Waals surface area contributed by atoms with E-state index in [4.69, 9.17) is 18.4 Å². The average Bonchev–Trinajstić information content (AvgIpc) is 3.48. The number of likely N-dealkylation sites (tertiary alicyclic amines) is 1. The number of aromatic nitrogens is 1. The molecule has 7 nitrogen and oxygen atoms in total. The summed E-state index contributed by atoms with van der Waals surface area (Å²) in [4.78, 5) is 15.0. The van der Waals surface area contributed by atoms with Crippen molar-refractivity contribution in [2.45, 2.75) is 26.2 Å². The SMILES string of the molecule is Cc1noc(-c2ccco2)c1C(=O)N1CCC(Cc2ccc3c(c2)OCO3)CC1. The first-order valence-corrected chi connectivity index (χ1v) is 9.87. The van der Waals surface area contributed by atoms with Gasteiger partial charge in [-0.25, -0.2) is 0 Å². The quantitative estimate of drug-likeness (QED) is 0.664. The Kier molecular flexibility index (Phi) is 4.50. The van der Waals surface area contributed by atoms with Crippen molar-refractivity contribution in [1.29, 1.82) is 0 Å². The van der Waals surface area contributed by atoms with Crippen LogP contribution in [0, 0.1) is 12.8 Å². The number of benzene rings is 1. The lowest BCUT2D eigenvalue weighted by atomic mass is 9.89. The van der Waals surface area contributed by atoms with Crippen LogP contribution in [0.5, 0.6) is 11.5 Å². The molecule has 2 aliphatic heterocycles. The van der Waals surface area contributed by atoms with Crippen LogP contribution in [0.3, 0.4) is 0 Å². The van der Waals surface area contributed by atoms with Gasteiger partial charge in [-0.15, -0.1) is 0 Å². The fourth-order valence-electron chi connectivity index (χ4n) is 4.10. The third-order valence-corrected chi connectivity index (χ3v) is 5.68. The number of piperidine rings is 1. The molecular formula is C22H22N2O5. The van der Waals surface area contributed by atoms with Crippen LogP contribution in [-0.4, -0.2) is 35.8 Å². The van der Waals surface area contributed by atoms with E-state index >= 15 is 0 Å². The highest BCUT2D eigenvalue weighted by atomic mass is 16.7. The highest BCUT2D eigenvalue weighted by molar-refractivity contribution is 6.00. The van der Waals surface area contributed by atoms with Crippen LogP contribution in [0.1, 0.15) is 34.5 Å². The third-order valence-electron chi connectivity index (χ3n) is 5.68. The van der Waals surface area contributed by atoms with Gasteiger partial charge in [0.25, 0.3) is 5.91 Å². The van der Waals surface area contributed by atoms with E-state index in [1.165, 1.54) is 5.56 Å². The van der Waals surface area contributed by atoms with Crippen molar-refractivity contribution in [3.05, 3.63) is 53.4 Å². The number of carbonyl (C=O) groups excluding carboxylic acids is 1. The second-order valence-electron chi connectivity index (χ2n) is 7.58. The predicted molar refractivity (Wildman–Crippen MR) is 104 cm³/mol. The van der Waals surface area contributed by atoms with Gasteiger partial charge >= 0.3 is 0 Å². The lowest BCUT2D eigenvalue weighted by Gasteiger charge is -2.32. The van der Waals surface area contributed by atoms with E-state index in [1.54, 1.807) is 25.3 Å². The maximum Gasteiger partial charge on any atom is 0.259 e. The average molecular weight is 394 g/mol. The largest absolute Gasteiger partial charge is 0.461 e. The first-order chi connectivity index (χ1) is 14.2. The number of rotatable bonds is 4. The van der Waals surface area contributed by atoms with Crippen molar-refractivity contribution < 1.29 is 23.2 Å². The zero-order chi connectivity index (χ0) is 19.8. The van der Waals surface area contributed by atoms with E-state index in [2.05, 4.69) is 17.3 Å². The van der Waals surface area contributed by atoms with Gasteiger partial charge in [-0.1, -0.05) is 11.2 Å². The van der Waals surface area contributed by atoms with Gasteiger partial charge in [0.2, 0.25) is 12.6 Å². The highest BCUT2D eigenvalue weighted by Crippen LogP contribution is 2.34. The van der Waals surface area contributed by atoms with Crippen LogP contribution in [-0.2, 0) is 6.42 Å². The number of fused-ring (bicyclic) bond motifs is 1. The monoisotopic (exact) mass is 394 g/mol. The first kappa shape index (κ1) is 17.8. The molecule has 0 unspecified atom stereocenters. The number of aryl methyl sites for hydroxylation is 1. The van der Waals surface area contributed by atoms with Crippen molar-refractivity contribution in [2.24, 2.45) is 5.92 Å². The van der Waals surface area contributed by atoms with Gasteiger partial charge in [0.1, 0.15) is 5.56 Å². The van der Waals surface area contributed by atoms with Crippen LogP contribution in [0.2, 0.25) is 0 Å². The molecule has 150 valence electrons. The van der Waals surface area contributed by atoms with Gasteiger partial charge in [-0.3, -0.25) is 4.79 Å². The molecule has 0 atom stereocenters. The molecule has 0 spiro atoms. The minimum atomic E-state index is -0.0447. The second kappa shape index (κ2) is 7.31. The molecule has 0 radical (unpaired) electrons. The molecule has 3 aromatic rings. The zero-order valence-electron chi connectivity index (χ0n) is 16.2. The van der Waals surface area contributed by atoms with Crippen LogP contribution in [0.4, 0.5) is 0 Å². The van der Waals surface area contributed by atoms with Crippen LogP contribution < -0.4 is 9.47 Å². The summed E-state index contributed by atoms with van der Waals surface area (Å²) in [7, 11) is 0. The van der Waals surface area contributed by atoms with Crippen molar-refractivity contribution in [1.82, 2.24) is 10.1 Å². The number of hydrogen-bond acceptors (Lipinski definition) is 6. The normalized spacial score (nSPS) is 16.4. The fraction of sp³-hybridized carbons (Fsp3) is 0.364. The van der Waals surface area contributed by atoms with Crippen LogP contribution in [0.15, 0.2) is 45.5 Å². The number of nitrogens with zero attached hydrogens (tertiary/aromatic N) is 2. The molecule has 1 fully saturated rings. The lowest BCUT2D eigenvalue weighted by Crippen LogP contribution is -2.39. The number of furan rings is 1. The van der Waals surface area contributed by atoms with E-state index in [1.807, 2.05) is 11.0 Å². The molecular weight excluding hydrogens is 372 g/mol. The Hall–Kier alpha value is -3.22. The molecule has 0 saturated carbocycles. The van der Waals surface area contributed by atoms with E-state index in [0.717, 1.165) is 43.9 Å². The maximum absolute atomic E-state index is 13.1.